The summed E-state index contributed by atoms with van der Waals surface area (Å²) in [6.45, 7) is 0. The second-order valence-corrected chi connectivity index (χ2v) is 5.15. The largest absolute Gasteiger partial charge is 0.493 e. The highest BCUT2D eigenvalue weighted by atomic mass is 32.2. The molecule has 0 spiro atoms. The van der Waals surface area contributed by atoms with Crippen LogP contribution in [-0.2, 0) is 4.79 Å². The molecule has 0 saturated carbocycles. The zero-order valence-electron chi connectivity index (χ0n) is 9.85. The van der Waals surface area contributed by atoms with Gasteiger partial charge in [0.05, 0.1) is 19.1 Å². The van der Waals surface area contributed by atoms with Crippen LogP contribution in [0.5, 0.6) is 11.5 Å². The van der Waals surface area contributed by atoms with E-state index in [1.165, 1.54) is 11.8 Å². The van der Waals surface area contributed by atoms with Gasteiger partial charge in [-0.3, -0.25) is 4.79 Å². The molecule has 1 aromatic carbocycles. The fourth-order valence-electron chi connectivity index (χ4n) is 1.59. The molecule has 1 fully saturated rings. The number of hydrogen-bond donors (Lipinski definition) is 1. The van der Waals surface area contributed by atoms with E-state index in [9.17, 15) is 4.79 Å². The van der Waals surface area contributed by atoms with Crippen molar-refractivity contribution < 1.29 is 14.3 Å². The summed E-state index contributed by atoms with van der Waals surface area (Å²) in [5.41, 5.74) is 0.777. The highest BCUT2D eigenvalue weighted by molar-refractivity contribution is 8.26. The Kier molecular flexibility index (Phi) is 3.88. The van der Waals surface area contributed by atoms with Crippen molar-refractivity contribution in [2.45, 2.75) is 0 Å². The van der Waals surface area contributed by atoms with Crippen molar-refractivity contribution in [2.75, 3.05) is 14.2 Å². The molecule has 0 aromatic heterocycles. The van der Waals surface area contributed by atoms with Crippen LogP contribution in [0.25, 0.3) is 6.08 Å². The highest BCUT2D eigenvalue weighted by Gasteiger charge is 2.22. The fourth-order valence-corrected chi connectivity index (χ4v) is 2.62. The summed E-state index contributed by atoms with van der Waals surface area (Å²) in [6, 6.07) is 5.49. The van der Waals surface area contributed by atoms with Crippen molar-refractivity contribution in [1.29, 1.82) is 0 Å². The van der Waals surface area contributed by atoms with Crippen LogP contribution in [-0.4, -0.2) is 24.4 Å². The number of rotatable bonds is 3. The number of nitrogens with one attached hydrogen (secondary N) is 1. The average molecular weight is 281 g/mol. The van der Waals surface area contributed by atoms with E-state index in [1.54, 1.807) is 26.4 Å². The van der Waals surface area contributed by atoms with Gasteiger partial charge in [-0.2, -0.15) is 0 Å². The first-order valence-corrected chi connectivity index (χ1v) is 6.34. The molecule has 18 heavy (non-hydrogen) atoms. The molecule has 0 atom stereocenters. The second-order valence-electron chi connectivity index (χ2n) is 3.43. The molecule has 1 aliphatic rings. The number of methoxy groups -OCH3 is 2. The van der Waals surface area contributed by atoms with Gasteiger partial charge in [0, 0.05) is 5.56 Å². The Balaban J connectivity index is 2.43. The van der Waals surface area contributed by atoms with E-state index in [4.69, 9.17) is 21.7 Å². The fraction of sp³-hybridized carbons (Fsp3) is 0.167. The summed E-state index contributed by atoms with van der Waals surface area (Å²) in [5, 5.41) is 2.57. The molecule has 1 heterocycles. The van der Waals surface area contributed by atoms with Crippen LogP contribution < -0.4 is 14.8 Å². The molecular weight excluding hydrogens is 270 g/mol. The van der Waals surface area contributed by atoms with Gasteiger partial charge in [-0.05, 0) is 12.1 Å². The van der Waals surface area contributed by atoms with Gasteiger partial charge >= 0.3 is 0 Å². The Morgan fingerprint density at radius 3 is 2.67 bits per heavy atom. The number of hydrogen-bond acceptors (Lipinski definition) is 5. The topological polar surface area (TPSA) is 47.6 Å². The third-order valence-electron chi connectivity index (χ3n) is 2.36. The predicted octanol–water partition coefficient (Wildman–Crippen LogP) is 2.19. The van der Waals surface area contributed by atoms with Crippen molar-refractivity contribution in [3.05, 3.63) is 28.7 Å². The third-order valence-corrected chi connectivity index (χ3v) is 3.52. The van der Waals surface area contributed by atoms with Gasteiger partial charge in [-0.25, -0.2) is 0 Å². The molecule has 1 aromatic rings. The van der Waals surface area contributed by atoms with Crippen LogP contribution in [0.4, 0.5) is 0 Å². The number of benzene rings is 1. The lowest BCUT2D eigenvalue weighted by atomic mass is 10.1. The Morgan fingerprint density at radius 1 is 1.33 bits per heavy atom. The summed E-state index contributed by atoms with van der Waals surface area (Å²) in [4.78, 5) is 12.1. The number of carbonyl (C=O) groups is 1. The number of thioether (sulfide) groups is 1. The normalized spacial score (nSPS) is 16.9. The summed E-state index contributed by atoms with van der Waals surface area (Å²) in [7, 11) is 3.13. The Morgan fingerprint density at radius 2 is 2.11 bits per heavy atom. The van der Waals surface area contributed by atoms with E-state index >= 15 is 0 Å². The van der Waals surface area contributed by atoms with Crippen LogP contribution >= 0.6 is 24.0 Å². The minimum atomic E-state index is -0.185. The lowest BCUT2D eigenvalue weighted by molar-refractivity contribution is -0.115. The van der Waals surface area contributed by atoms with Crippen LogP contribution in [0, 0.1) is 0 Å². The highest BCUT2D eigenvalue weighted by Crippen LogP contribution is 2.34. The van der Waals surface area contributed by atoms with Crippen molar-refractivity contribution in [2.24, 2.45) is 0 Å². The molecule has 1 saturated heterocycles. The molecule has 0 radical (unpaired) electrons. The minimum Gasteiger partial charge on any atom is -0.493 e. The van der Waals surface area contributed by atoms with Gasteiger partial charge in [-0.1, -0.05) is 36.1 Å². The third kappa shape index (κ3) is 2.49. The number of para-hydroxylation sites is 1. The first-order valence-electron chi connectivity index (χ1n) is 5.11. The van der Waals surface area contributed by atoms with E-state index in [0.717, 1.165) is 5.56 Å². The molecule has 0 aliphatic carbocycles. The summed E-state index contributed by atoms with van der Waals surface area (Å²) in [5.74, 6) is 1.03. The number of carbonyl (C=O) groups excluding carboxylic acids is 1. The maximum atomic E-state index is 11.6. The Bertz CT molecular complexity index is 540. The first kappa shape index (κ1) is 12.9. The van der Waals surface area contributed by atoms with Gasteiger partial charge in [-0.15, -0.1) is 0 Å². The van der Waals surface area contributed by atoms with Crippen LogP contribution in [0.1, 0.15) is 5.56 Å². The maximum absolute atomic E-state index is 11.6. The van der Waals surface area contributed by atoms with Gasteiger partial charge in [0.15, 0.2) is 11.5 Å². The molecule has 94 valence electrons. The Hall–Kier alpha value is -1.53. The zero-order chi connectivity index (χ0) is 13.1. The molecule has 1 amide bonds. The molecule has 4 nitrogen and oxygen atoms in total. The van der Waals surface area contributed by atoms with E-state index in [0.29, 0.717) is 20.7 Å². The quantitative estimate of drug-likeness (QED) is 0.680. The zero-order valence-corrected chi connectivity index (χ0v) is 11.5. The van der Waals surface area contributed by atoms with E-state index in [2.05, 4.69) is 5.32 Å². The summed E-state index contributed by atoms with van der Waals surface area (Å²) in [6.07, 6.45) is 1.74. The Labute approximate surface area is 114 Å². The van der Waals surface area contributed by atoms with Gasteiger partial charge < -0.3 is 14.8 Å². The second kappa shape index (κ2) is 5.41. The SMILES string of the molecule is COc1cccc(/C=C2\SC(=S)NC2=O)c1OC. The van der Waals surface area contributed by atoms with Gasteiger partial charge in [0.25, 0.3) is 5.91 Å². The van der Waals surface area contributed by atoms with Crippen LogP contribution in [0.2, 0.25) is 0 Å². The number of ether oxygens (including phenoxy) is 2. The van der Waals surface area contributed by atoms with Crippen molar-refractivity contribution >= 4 is 40.3 Å². The standard InChI is InChI=1S/C12H11NO3S2/c1-15-8-5-3-4-7(10(8)16-2)6-9-11(14)13-12(17)18-9/h3-6H,1-2H3,(H,13,14,17)/b9-6-. The molecule has 0 unspecified atom stereocenters. The first-order chi connectivity index (χ1) is 8.65. The molecule has 6 heteroatoms. The smallest absolute Gasteiger partial charge is 0.263 e. The van der Waals surface area contributed by atoms with Crippen LogP contribution in [0.3, 0.4) is 0 Å². The van der Waals surface area contributed by atoms with Crippen molar-refractivity contribution in [3.8, 4) is 11.5 Å². The maximum Gasteiger partial charge on any atom is 0.263 e. The lowest BCUT2D eigenvalue weighted by Gasteiger charge is -2.10. The van der Waals surface area contributed by atoms with Crippen molar-refractivity contribution in [1.82, 2.24) is 5.32 Å². The van der Waals surface area contributed by atoms with E-state index < -0.39 is 0 Å². The molecule has 0 bridgehead atoms. The van der Waals surface area contributed by atoms with Crippen LogP contribution in [0.15, 0.2) is 23.1 Å². The monoisotopic (exact) mass is 281 g/mol. The lowest BCUT2D eigenvalue weighted by Crippen LogP contribution is -2.17. The van der Waals surface area contributed by atoms with E-state index in [-0.39, 0.29) is 5.91 Å². The van der Waals surface area contributed by atoms with E-state index in [1.807, 2.05) is 12.1 Å². The number of thiocarbonyl (C=S) groups is 1. The molecule has 1 N–H and O–H groups in total. The molecule has 1 aliphatic heterocycles. The number of amides is 1. The van der Waals surface area contributed by atoms with Gasteiger partial charge in [0.1, 0.15) is 4.32 Å². The molecule has 2 rings (SSSR count). The molecular formula is C12H11NO3S2. The average Bonchev–Trinajstić information content (AvgIpc) is 2.67. The van der Waals surface area contributed by atoms with Crippen molar-refractivity contribution in [3.63, 3.8) is 0 Å². The summed E-state index contributed by atoms with van der Waals surface area (Å²) < 4.78 is 11.0. The van der Waals surface area contributed by atoms with Gasteiger partial charge in [0.2, 0.25) is 0 Å². The summed E-state index contributed by atoms with van der Waals surface area (Å²) >= 11 is 6.17. The minimum absolute atomic E-state index is 0.185. The predicted molar refractivity (Wildman–Crippen MR) is 75.9 cm³/mol.